The molecule has 0 aliphatic carbocycles. The lowest BCUT2D eigenvalue weighted by Gasteiger charge is -2.05. The molecule has 0 aliphatic heterocycles. The van der Waals surface area contributed by atoms with Gasteiger partial charge in [-0.25, -0.2) is 4.79 Å². The average Bonchev–Trinajstić information content (AvgIpc) is 2.22. The zero-order valence-corrected chi connectivity index (χ0v) is 8.53. The predicted molar refractivity (Wildman–Crippen MR) is 57.9 cm³/mol. The monoisotopic (exact) mass is 207 g/mol. The van der Waals surface area contributed by atoms with Crippen LogP contribution in [0.1, 0.15) is 6.92 Å². The lowest BCUT2D eigenvalue weighted by atomic mass is 10.3. The average molecular weight is 207 g/mol. The molecule has 1 rings (SSSR count). The minimum absolute atomic E-state index is 0.351. The first kappa shape index (κ1) is 11.1. The second-order valence-corrected chi connectivity index (χ2v) is 2.65. The standard InChI is InChI=1S/C11H13NO3/c1-3-14-10-7-5-9(6-8-10)12-11(13)15-4-2/h3,5-8H,1,4H2,2H3,(H,12,13). The number of hydrogen-bond acceptors (Lipinski definition) is 3. The van der Waals surface area contributed by atoms with Crippen LogP contribution in [0.25, 0.3) is 0 Å². The Balaban J connectivity index is 2.56. The third-order valence-corrected chi connectivity index (χ3v) is 1.60. The smallest absolute Gasteiger partial charge is 0.411 e. The lowest BCUT2D eigenvalue weighted by Crippen LogP contribution is -2.12. The molecule has 0 fully saturated rings. The van der Waals surface area contributed by atoms with E-state index in [0.717, 1.165) is 0 Å². The van der Waals surface area contributed by atoms with Crippen molar-refractivity contribution in [1.82, 2.24) is 0 Å². The van der Waals surface area contributed by atoms with Gasteiger partial charge in [0.25, 0.3) is 0 Å². The second-order valence-electron chi connectivity index (χ2n) is 2.65. The van der Waals surface area contributed by atoms with Crippen molar-refractivity contribution < 1.29 is 14.3 Å². The molecule has 0 aromatic heterocycles. The van der Waals surface area contributed by atoms with Gasteiger partial charge in [0.2, 0.25) is 0 Å². The summed E-state index contributed by atoms with van der Waals surface area (Å²) in [6.07, 6.45) is 0.878. The highest BCUT2D eigenvalue weighted by Gasteiger charge is 2.01. The van der Waals surface area contributed by atoms with E-state index in [4.69, 9.17) is 9.47 Å². The molecule has 0 radical (unpaired) electrons. The van der Waals surface area contributed by atoms with Crippen molar-refractivity contribution in [3.8, 4) is 5.75 Å². The molecule has 0 saturated heterocycles. The van der Waals surface area contributed by atoms with Crippen molar-refractivity contribution in [2.75, 3.05) is 11.9 Å². The molecule has 1 N–H and O–H groups in total. The third-order valence-electron chi connectivity index (χ3n) is 1.60. The topological polar surface area (TPSA) is 47.6 Å². The molecule has 1 aromatic rings. The van der Waals surface area contributed by atoms with Crippen molar-refractivity contribution in [2.45, 2.75) is 6.92 Å². The van der Waals surface area contributed by atoms with Gasteiger partial charge in [0.15, 0.2) is 0 Å². The number of nitrogens with one attached hydrogen (secondary N) is 1. The molecule has 0 aliphatic rings. The van der Waals surface area contributed by atoms with E-state index in [1.54, 1.807) is 31.2 Å². The van der Waals surface area contributed by atoms with E-state index in [9.17, 15) is 4.79 Å². The molecule has 0 atom stereocenters. The molecule has 0 spiro atoms. The number of ether oxygens (including phenoxy) is 2. The lowest BCUT2D eigenvalue weighted by molar-refractivity contribution is 0.168. The molecular weight excluding hydrogens is 194 g/mol. The molecule has 0 heterocycles. The number of rotatable bonds is 4. The molecule has 4 nitrogen and oxygen atoms in total. The van der Waals surface area contributed by atoms with E-state index in [1.165, 1.54) is 6.26 Å². The van der Waals surface area contributed by atoms with E-state index in [1.807, 2.05) is 0 Å². The van der Waals surface area contributed by atoms with Crippen LogP contribution >= 0.6 is 0 Å². The fraction of sp³-hybridized carbons (Fsp3) is 0.182. The van der Waals surface area contributed by atoms with Crippen molar-refractivity contribution in [3.63, 3.8) is 0 Å². The van der Waals surface area contributed by atoms with Crippen molar-refractivity contribution in [3.05, 3.63) is 37.1 Å². The van der Waals surface area contributed by atoms with Crippen molar-refractivity contribution in [2.24, 2.45) is 0 Å². The Morgan fingerprint density at radius 2 is 2.13 bits per heavy atom. The summed E-state index contributed by atoms with van der Waals surface area (Å²) in [4.78, 5) is 11.0. The van der Waals surface area contributed by atoms with Gasteiger partial charge >= 0.3 is 6.09 Å². The summed E-state index contributed by atoms with van der Waals surface area (Å²) >= 11 is 0. The van der Waals surface area contributed by atoms with Gasteiger partial charge < -0.3 is 9.47 Å². The maximum Gasteiger partial charge on any atom is 0.411 e. The molecule has 0 unspecified atom stereocenters. The Bertz CT molecular complexity index is 332. The number of amides is 1. The van der Waals surface area contributed by atoms with Crippen LogP contribution in [0.5, 0.6) is 5.75 Å². The SMILES string of the molecule is C=COc1ccc(NC(=O)OCC)cc1. The highest BCUT2D eigenvalue weighted by molar-refractivity contribution is 5.84. The highest BCUT2D eigenvalue weighted by Crippen LogP contribution is 2.15. The number of benzene rings is 1. The zero-order chi connectivity index (χ0) is 11.1. The first-order chi connectivity index (χ1) is 7.26. The molecule has 1 amide bonds. The van der Waals surface area contributed by atoms with Gasteiger partial charge in [0.1, 0.15) is 5.75 Å². The molecule has 0 saturated carbocycles. The summed E-state index contributed by atoms with van der Waals surface area (Å²) in [6.45, 7) is 5.54. The maximum absolute atomic E-state index is 11.0. The van der Waals surface area contributed by atoms with Gasteiger partial charge in [0, 0.05) is 5.69 Å². The van der Waals surface area contributed by atoms with E-state index in [-0.39, 0.29) is 0 Å². The van der Waals surface area contributed by atoms with E-state index < -0.39 is 6.09 Å². The van der Waals surface area contributed by atoms with Crippen LogP contribution in [0.15, 0.2) is 37.1 Å². The van der Waals surface area contributed by atoms with Gasteiger partial charge in [-0.15, -0.1) is 0 Å². The maximum atomic E-state index is 11.0. The Labute approximate surface area is 88.5 Å². The van der Waals surface area contributed by atoms with Crippen molar-refractivity contribution >= 4 is 11.8 Å². The van der Waals surface area contributed by atoms with Crippen LogP contribution < -0.4 is 10.1 Å². The summed E-state index contributed by atoms with van der Waals surface area (Å²) in [6, 6.07) is 6.89. The van der Waals surface area contributed by atoms with Crippen LogP contribution in [0.4, 0.5) is 10.5 Å². The number of carbonyl (C=O) groups is 1. The number of anilines is 1. The molecule has 4 heteroatoms. The van der Waals surface area contributed by atoms with Crippen LogP contribution in [0.3, 0.4) is 0 Å². The number of hydrogen-bond donors (Lipinski definition) is 1. The van der Waals surface area contributed by atoms with E-state index >= 15 is 0 Å². The molecule has 0 bridgehead atoms. The van der Waals surface area contributed by atoms with Gasteiger partial charge in [-0.3, -0.25) is 5.32 Å². The first-order valence-corrected chi connectivity index (χ1v) is 4.57. The Hall–Kier alpha value is -1.97. The molecule has 1 aromatic carbocycles. The van der Waals surface area contributed by atoms with Gasteiger partial charge in [-0.05, 0) is 31.2 Å². The van der Waals surface area contributed by atoms with Gasteiger partial charge in [-0.1, -0.05) is 6.58 Å². The van der Waals surface area contributed by atoms with E-state index in [0.29, 0.717) is 18.0 Å². The quantitative estimate of drug-likeness (QED) is 0.772. The summed E-state index contributed by atoms with van der Waals surface area (Å²) in [5.74, 6) is 0.666. The largest absolute Gasteiger partial charge is 0.466 e. The fourth-order valence-electron chi connectivity index (χ4n) is 0.998. The third kappa shape index (κ3) is 3.72. The van der Waals surface area contributed by atoms with Gasteiger partial charge in [-0.2, -0.15) is 0 Å². The Morgan fingerprint density at radius 1 is 1.47 bits per heavy atom. The molecular formula is C11H13NO3. The van der Waals surface area contributed by atoms with Crippen LogP contribution in [0.2, 0.25) is 0 Å². The number of carbonyl (C=O) groups excluding carboxylic acids is 1. The van der Waals surface area contributed by atoms with Crippen LogP contribution in [0, 0.1) is 0 Å². The summed E-state index contributed by atoms with van der Waals surface area (Å²) in [5, 5.41) is 2.57. The molecule has 80 valence electrons. The minimum atomic E-state index is -0.463. The summed E-state index contributed by atoms with van der Waals surface area (Å²) < 4.78 is 9.76. The highest BCUT2D eigenvalue weighted by atomic mass is 16.5. The van der Waals surface area contributed by atoms with Gasteiger partial charge in [0.05, 0.1) is 12.9 Å². The summed E-state index contributed by atoms with van der Waals surface area (Å²) in [5.41, 5.74) is 0.657. The van der Waals surface area contributed by atoms with E-state index in [2.05, 4.69) is 11.9 Å². The first-order valence-electron chi connectivity index (χ1n) is 4.57. The minimum Gasteiger partial charge on any atom is -0.466 e. The second kappa shape index (κ2) is 5.70. The predicted octanol–water partition coefficient (Wildman–Crippen LogP) is 2.78. The Morgan fingerprint density at radius 3 is 2.67 bits per heavy atom. The zero-order valence-electron chi connectivity index (χ0n) is 8.53. The Kier molecular flexibility index (Phi) is 4.22. The fourth-order valence-corrected chi connectivity index (χ4v) is 0.998. The van der Waals surface area contributed by atoms with Crippen LogP contribution in [-0.2, 0) is 4.74 Å². The van der Waals surface area contributed by atoms with Crippen molar-refractivity contribution in [1.29, 1.82) is 0 Å². The molecule has 15 heavy (non-hydrogen) atoms. The normalized spacial score (nSPS) is 9.13. The van der Waals surface area contributed by atoms with Crippen LogP contribution in [-0.4, -0.2) is 12.7 Å². The summed E-state index contributed by atoms with van der Waals surface area (Å²) in [7, 11) is 0.